The van der Waals surface area contributed by atoms with E-state index in [1.165, 1.54) is 11.3 Å². The monoisotopic (exact) mass is 198 g/mol. The first kappa shape index (κ1) is 10.2. The molecule has 0 saturated heterocycles. The van der Waals surface area contributed by atoms with Gasteiger partial charge in [0.05, 0.1) is 4.88 Å². The van der Waals surface area contributed by atoms with E-state index in [2.05, 4.69) is 5.32 Å². The quantitative estimate of drug-likeness (QED) is 0.790. The summed E-state index contributed by atoms with van der Waals surface area (Å²) in [5, 5.41) is 5.05. The number of hydrogen-bond donors (Lipinski definition) is 1. The van der Waals surface area contributed by atoms with E-state index in [0.29, 0.717) is 0 Å². The molecular formula is C9H14N2OS. The number of carbonyl (C=O) groups is 1. The summed E-state index contributed by atoms with van der Waals surface area (Å²) < 4.78 is 0. The van der Waals surface area contributed by atoms with E-state index in [1.807, 2.05) is 18.5 Å². The van der Waals surface area contributed by atoms with Gasteiger partial charge in [-0.05, 0) is 24.1 Å². The third kappa shape index (κ3) is 2.54. The number of amides is 1. The normalized spacial score (nSPS) is 10.1. The molecule has 3 nitrogen and oxygen atoms in total. The molecule has 4 heteroatoms. The Bertz CT molecular complexity index is 294. The first-order valence-electron chi connectivity index (χ1n) is 4.09. The van der Waals surface area contributed by atoms with Crippen molar-refractivity contribution >= 4 is 17.2 Å². The molecule has 1 heterocycles. The lowest BCUT2D eigenvalue weighted by Gasteiger charge is -2.06. The molecule has 1 N–H and O–H groups in total. The number of hydrogen-bond acceptors (Lipinski definition) is 3. The molecule has 0 aliphatic rings. The maximum atomic E-state index is 11.5. The minimum Gasteiger partial charge on any atom is -0.344 e. The molecule has 0 aromatic carbocycles. The molecule has 0 aliphatic carbocycles. The van der Waals surface area contributed by atoms with Gasteiger partial charge in [0.15, 0.2) is 0 Å². The zero-order valence-electron chi connectivity index (χ0n) is 8.13. The summed E-state index contributed by atoms with van der Waals surface area (Å²) in [7, 11) is 5.42. The van der Waals surface area contributed by atoms with Gasteiger partial charge < -0.3 is 10.2 Å². The molecule has 1 amide bonds. The van der Waals surface area contributed by atoms with Crippen molar-refractivity contribution in [1.82, 2.24) is 10.2 Å². The zero-order valence-corrected chi connectivity index (χ0v) is 8.94. The highest BCUT2D eigenvalue weighted by molar-refractivity contribution is 7.12. The van der Waals surface area contributed by atoms with Crippen LogP contribution < -0.4 is 5.32 Å². The van der Waals surface area contributed by atoms with Crippen molar-refractivity contribution in [2.45, 2.75) is 6.54 Å². The number of nitrogens with one attached hydrogen (secondary N) is 1. The van der Waals surface area contributed by atoms with Crippen molar-refractivity contribution in [2.24, 2.45) is 0 Å². The van der Waals surface area contributed by atoms with Gasteiger partial charge in [0.2, 0.25) is 0 Å². The number of nitrogens with zero attached hydrogens (tertiary/aromatic N) is 1. The van der Waals surface area contributed by atoms with Gasteiger partial charge in [0.1, 0.15) is 0 Å². The third-order valence-electron chi connectivity index (χ3n) is 1.65. The Morgan fingerprint density at radius 1 is 1.62 bits per heavy atom. The summed E-state index contributed by atoms with van der Waals surface area (Å²) in [6.07, 6.45) is 0. The standard InChI is InChI=1S/C9H14N2OS/c1-10-5-7-4-8(13-6-7)9(12)11(2)3/h4,6,10H,5H2,1-3H3. The Morgan fingerprint density at radius 2 is 2.31 bits per heavy atom. The summed E-state index contributed by atoms with van der Waals surface area (Å²) in [6.45, 7) is 0.817. The second-order valence-corrected chi connectivity index (χ2v) is 3.96. The second kappa shape index (κ2) is 4.39. The maximum Gasteiger partial charge on any atom is 0.263 e. The van der Waals surface area contributed by atoms with Crippen LogP contribution in [0.25, 0.3) is 0 Å². The van der Waals surface area contributed by atoms with E-state index in [0.717, 1.165) is 17.0 Å². The van der Waals surface area contributed by atoms with Gasteiger partial charge in [-0.3, -0.25) is 4.79 Å². The summed E-state index contributed by atoms with van der Waals surface area (Å²) in [5.74, 6) is 0.0763. The van der Waals surface area contributed by atoms with E-state index in [1.54, 1.807) is 19.0 Å². The van der Waals surface area contributed by atoms with Crippen molar-refractivity contribution < 1.29 is 4.79 Å². The smallest absolute Gasteiger partial charge is 0.263 e. The number of rotatable bonds is 3. The molecule has 0 atom stereocenters. The molecule has 1 aromatic heterocycles. The second-order valence-electron chi connectivity index (χ2n) is 3.05. The predicted molar refractivity (Wildman–Crippen MR) is 55.1 cm³/mol. The van der Waals surface area contributed by atoms with Crippen molar-refractivity contribution in [3.8, 4) is 0 Å². The fourth-order valence-corrected chi connectivity index (χ4v) is 1.94. The minimum absolute atomic E-state index is 0.0763. The van der Waals surface area contributed by atoms with Crippen LogP contribution in [0.5, 0.6) is 0 Å². The highest BCUT2D eigenvalue weighted by Gasteiger charge is 2.09. The van der Waals surface area contributed by atoms with E-state index >= 15 is 0 Å². The highest BCUT2D eigenvalue weighted by atomic mass is 32.1. The van der Waals surface area contributed by atoms with Gasteiger partial charge in [-0.2, -0.15) is 0 Å². The molecule has 72 valence electrons. The van der Waals surface area contributed by atoms with Gasteiger partial charge in [-0.15, -0.1) is 11.3 Å². The van der Waals surface area contributed by atoms with Crippen LogP contribution in [0.2, 0.25) is 0 Å². The van der Waals surface area contributed by atoms with Crippen LogP contribution in [0.3, 0.4) is 0 Å². The first-order valence-corrected chi connectivity index (χ1v) is 4.96. The molecule has 0 saturated carbocycles. The van der Waals surface area contributed by atoms with Gasteiger partial charge in [-0.1, -0.05) is 0 Å². The Balaban J connectivity index is 2.73. The Kier molecular flexibility index (Phi) is 3.45. The molecule has 0 bridgehead atoms. The molecule has 0 unspecified atom stereocenters. The fourth-order valence-electron chi connectivity index (χ4n) is 1.00. The molecule has 0 aliphatic heterocycles. The van der Waals surface area contributed by atoms with Crippen LogP contribution in [0, 0.1) is 0 Å². The third-order valence-corrected chi connectivity index (χ3v) is 2.62. The van der Waals surface area contributed by atoms with E-state index < -0.39 is 0 Å². The van der Waals surface area contributed by atoms with Gasteiger partial charge >= 0.3 is 0 Å². The van der Waals surface area contributed by atoms with Crippen LogP contribution in [-0.4, -0.2) is 32.0 Å². The van der Waals surface area contributed by atoms with Crippen LogP contribution in [0.1, 0.15) is 15.2 Å². The average Bonchev–Trinajstić information content (AvgIpc) is 2.52. The Morgan fingerprint density at radius 3 is 2.85 bits per heavy atom. The fraction of sp³-hybridized carbons (Fsp3) is 0.444. The zero-order chi connectivity index (χ0) is 9.84. The summed E-state index contributed by atoms with van der Waals surface area (Å²) >= 11 is 1.49. The molecular weight excluding hydrogens is 184 g/mol. The summed E-state index contributed by atoms with van der Waals surface area (Å²) in [5.41, 5.74) is 1.16. The molecule has 1 rings (SSSR count). The van der Waals surface area contributed by atoms with E-state index in [9.17, 15) is 4.79 Å². The summed E-state index contributed by atoms with van der Waals surface area (Å²) in [6, 6.07) is 1.93. The van der Waals surface area contributed by atoms with Crippen molar-refractivity contribution in [3.63, 3.8) is 0 Å². The van der Waals surface area contributed by atoms with Crippen LogP contribution in [0.4, 0.5) is 0 Å². The van der Waals surface area contributed by atoms with Crippen LogP contribution in [-0.2, 0) is 6.54 Å². The minimum atomic E-state index is 0.0763. The van der Waals surface area contributed by atoms with Crippen molar-refractivity contribution in [1.29, 1.82) is 0 Å². The predicted octanol–water partition coefficient (Wildman–Crippen LogP) is 1.17. The van der Waals surface area contributed by atoms with Gasteiger partial charge in [0, 0.05) is 20.6 Å². The lowest BCUT2D eigenvalue weighted by molar-refractivity contribution is 0.0832. The van der Waals surface area contributed by atoms with E-state index in [-0.39, 0.29) is 5.91 Å². The SMILES string of the molecule is CNCc1csc(C(=O)N(C)C)c1. The molecule has 0 radical (unpaired) electrons. The maximum absolute atomic E-state index is 11.5. The first-order chi connectivity index (χ1) is 6.15. The van der Waals surface area contributed by atoms with Crippen molar-refractivity contribution in [3.05, 3.63) is 21.9 Å². The summed E-state index contributed by atoms with van der Waals surface area (Å²) in [4.78, 5) is 13.9. The molecule has 0 fully saturated rings. The topological polar surface area (TPSA) is 32.3 Å². The highest BCUT2D eigenvalue weighted by Crippen LogP contribution is 2.15. The molecule has 0 spiro atoms. The molecule has 13 heavy (non-hydrogen) atoms. The lowest BCUT2D eigenvalue weighted by atomic mass is 10.3. The Hall–Kier alpha value is -0.870. The van der Waals surface area contributed by atoms with Crippen LogP contribution >= 0.6 is 11.3 Å². The average molecular weight is 198 g/mol. The van der Waals surface area contributed by atoms with E-state index in [4.69, 9.17) is 0 Å². The number of thiophene rings is 1. The van der Waals surface area contributed by atoms with Gasteiger partial charge in [0.25, 0.3) is 5.91 Å². The molecule has 1 aromatic rings. The van der Waals surface area contributed by atoms with Crippen molar-refractivity contribution in [2.75, 3.05) is 21.1 Å². The largest absolute Gasteiger partial charge is 0.344 e. The lowest BCUT2D eigenvalue weighted by Crippen LogP contribution is -2.20. The Labute approximate surface area is 82.4 Å². The number of carbonyl (C=O) groups excluding carboxylic acids is 1. The van der Waals surface area contributed by atoms with Crippen LogP contribution in [0.15, 0.2) is 11.4 Å². The van der Waals surface area contributed by atoms with Gasteiger partial charge in [-0.25, -0.2) is 0 Å².